The van der Waals surface area contributed by atoms with Gasteiger partial charge in [0.2, 0.25) is 0 Å². The molecule has 0 spiro atoms. The van der Waals surface area contributed by atoms with Crippen molar-refractivity contribution in [3.8, 4) is 0 Å². The molecule has 0 aliphatic rings. The van der Waals surface area contributed by atoms with Gasteiger partial charge in [-0.15, -0.1) is 0 Å². The van der Waals surface area contributed by atoms with Gasteiger partial charge in [-0.05, 0) is 12.8 Å². The summed E-state index contributed by atoms with van der Waals surface area (Å²) in [4.78, 5) is 0. The molecular weight excluding hydrogens is 118 g/mol. The highest BCUT2D eigenvalue weighted by atomic mass is 16.5. The fraction of sp³-hybridized carbons (Fsp3) is 1.00. The average Bonchev–Trinajstić information content (AvgIpc) is 1.89. The summed E-state index contributed by atoms with van der Waals surface area (Å²) >= 11 is 0. The second-order valence-electron chi connectivity index (χ2n) is 2.14. The van der Waals surface area contributed by atoms with Crippen LogP contribution in [0.15, 0.2) is 0 Å². The summed E-state index contributed by atoms with van der Waals surface area (Å²) in [7, 11) is 0. The highest BCUT2D eigenvalue weighted by molar-refractivity contribution is 4.45. The molecule has 0 saturated carbocycles. The topological polar surface area (TPSA) is 52.5 Å². The fourth-order valence-electron chi connectivity index (χ4n) is 0.652. The Kier molecular flexibility index (Phi) is 5.93. The maximum atomic E-state index is 8.72. The molecule has 0 heterocycles. The molecule has 3 heteroatoms. The van der Waals surface area contributed by atoms with Gasteiger partial charge in [0.15, 0.2) is 0 Å². The zero-order valence-corrected chi connectivity index (χ0v) is 5.80. The van der Waals surface area contributed by atoms with Crippen LogP contribution in [0.25, 0.3) is 0 Å². The minimum atomic E-state index is -0.739. The lowest BCUT2D eigenvalue weighted by Crippen LogP contribution is -2.24. The summed E-state index contributed by atoms with van der Waals surface area (Å²) in [6, 6.07) is 0. The van der Waals surface area contributed by atoms with E-state index in [0.717, 1.165) is 19.3 Å². The minimum Gasteiger partial charge on any atom is -0.377 e. The zero-order valence-electron chi connectivity index (χ0n) is 5.80. The smallest absolute Gasteiger partial charge is 0.126 e. The highest BCUT2D eigenvalue weighted by Crippen LogP contribution is 1.99. The molecule has 0 aliphatic heterocycles. The number of hydrogen-bond donors (Lipinski definition) is 3. The van der Waals surface area contributed by atoms with Crippen LogP contribution in [0.3, 0.4) is 0 Å². The van der Waals surface area contributed by atoms with Crippen molar-refractivity contribution in [2.45, 2.75) is 38.8 Å². The third kappa shape index (κ3) is 5.76. The normalized spacial score (nSPS) is 13.7. The van der Waals surface area contributed by atoms with Gasteiger partial charge in [0.05, 0.1) is 0 Å². The number of aliphatic hydroxyl groups excluding tert-OH is 1. The zero-order chi connectivity index (χ0) is 7.11. The van der Waals surface area contributed by atoms with E-state index in [1.807, 2.05) is 0 Å². The first kappa shape index (κ1) is 8.88. The van der Waals surface area contributed by atoms with Gasteiger partial charge in [-0.2, -0.15) is 5.48 Å². The monoisotopic (exact) mass is 133 g/mol. The second kappa shape index (κ2) is 6.01. The summed E-state index contributed by atoms with van der Waals surface area (Å²) in [6.45, 7) is 2.10. The van der Waals surface area contributed by atoms with E-state index in [1.54, 1.807) is 5.48 Å². The van der Waals surface area contributed by atoms with Gasteiger partial charge < -0.3 is 10.3 Å². The number of unbranched alkanes of at least 4 members (excludes halogenated alkanes) is 2. The molecule has 9 heavy (non-hydrogen) atoms. The van der Waals surface area contributed by atoms with Crippen molar-refractivity contribution in [2.75, 3.05) is 0 Å². The maximum absolute atomic E-state index is 8.72. The molecule has 0 aromatic rings. The van der Waals surface area contributed by atoms with Crippen LogP contribution in [0.2, 0.25) is 0 Å². The summed E-state index contributed by atoms with van der Waals surface area (Å²) < 4.78 is 0. The Bertz CT molecular complexity index is 59.0. The number of nitrogens with one attached hydrogen (secondary N) is 1. The summed E-state index contributed by atoms with van der Waals surface area (Å²) in [6.07, 6.45) is 3.10. The number of hydroxylamine groups is 1. The van der Waals surface area contributed by atoms with Gasteiger partial charge in [-0.3, -0.25) is 0 Å². The van der Waals surface area contributed by atoms with Crippen molar-refractivity contribution in [2.24, 2.45) is 0 Å². The average molecular weight is 133 g/mol. The third-order valence-corrected chi connectivity index (χ3v) is 1.23. The van der Waals surface area contributed by atoms with E-state index in [1.165, 1.54) is 0 Å². The van der Waals surface area contributed by atoms with Gasteiger partial charge in [0.1, 0.15) is 6.23 Å². The van der Waals surface area contributed by atoms with Crippen molar-refractivity contribution in [1.29, 1.82) is 0 Å². The summed E-state index contributed by atoms with van der Waals surface area (Å²) in [5, 5.41) is 16.9. The number of rotatable bonds is 5. The molecule has 3 N–H and O–H groups in total. The van der Waals surface area contributed by atoms with Crippen LogP contribution in [0, 0.1) is 0 Å². The predicted octanol–water partition coefficient (Wildman–Crippen LogP) is 0.864. The Morgan fingerprint density at radius 3 is 2.56 bits per heavy atom. The molecule has 3 nitrogen and oxygen atoms in total. The molecule has 0 amide bonds. The second-order valence-corrected chi connectivity index (χ2v) is 2.14. The van der Waals surface area contributed by atoms with E-state index in [0.29, 0.717) is 6.42 Å². The molecule has 0 aromatic heterocycles. The molecule has 0 fully saturated rings. The lowest BCUT2D eigenvalue weighted by Gasteiger charge is -2.05. The Hall–Kier alpha value is -0.120. The largest absolute Gasteiger partial charge is 0.377 e. The minimum absolute atomic E-state index is 0.629. The molecule has 0 radical (unpaired) electrons. The molecule has 0 rings (SSSR count). The van der Waals surface area contributed by atoms with Crippen molar-refractivity contribution < 1.29 is 10.3 Å². The molecule has 0 bridgehead atoms. The Balaban J connectivity index is 2.88. The van der Waals surface area contributed by atoms with Crippen molar-refractivity contribution in [1.82, 2.24) is 5.48 Å². The van der Waals surface area contributed by atoms with Gasteiger partial charge >= 0.3 is 0 Å². The first-order chi connectivity index (χ1) is 4.31. The fourth-order valence-corrected chi connectivity index (χ4v) is 0.652. The standard InChI is InChI=1S/C6H15NO2/c1-2-3-4-5-6(8)7-9/h6-9H,2-5H2,1H3. The SMILES string of the molecule is CCCCCC(O)NO. The maximum Gasteiger partial charge on any atom is 0.126 e. The van der Waals surface area contributed by atoms with Crippen molar-refractivity contribution in [3.05, 3.63) is 0 Å². The van der Waals surface area contributed by atoms with Crippen LogP contribution in [-0.4, -0.2) is 16.5 Å². The summed E-state index contributed by atoms with van der Waals surface area (Å²) in [5.74, 6) is 0. The molecule has 0 aliphatic carbocycles. The predicted molar refractivity (Wildman–Crippen MR) is 35.1 cm³/mol. The van der Waals surface area contributed by atoms with Crippen molar-refractivity contribution >= 4 is 0 Å². The Labute approximate surface area is 55.7 Å². The van der Waals surface area contributed by atoms with E-state index in [-0.39, 0.29) is 0 Å². The van der Waals surface area contributed by atoms with Crippen LogP contribution in [-0.2, 0) is 0 Å². The van der Waals surface area contributed by atoms with Gasteiger partial charge in [0, 0.05) is 0 Å². The molecular formula is C6H15NO2. The van der Waals surface area contributed by atoms with E-state index in [4.69, 9.17) is 10.3 Å². The van der Waals surface area contributed by atoms with Crippen LogP contribution in [0.1, 0.15) is 32.6 Å². The molecule has 1 atom stereocenters. The quantitative estimate of drug-likeness (QED) is 0.296. The van der Waals surface area contributed by atoms with Crippen LogP contribution < -0.4 is 5.48 Å². The van der Waals surface area contributed by atoms with Crippen LogP contribution >= 0.6 is 0 Å². The molecule has 56 valence electrons. The van der Waals surface area contributed by atoms with Gasteiger partial charge in [-0.1, -0.05) is 19.8 Å². The first-order valence-corrected chi connectivity index (χ1v) is 3.39. The Morgan fingerprint density at radius 1 is 1.44 bits per heavy atom. The Morgan fingerprint density at radius 2 is 2.11 bits per heavy atom. The molecule has 0 saturated heterocycles. The first-order valence-electron chi connectivity index (χ1n) is 3.39. The van der Waals surface area contributed by atoms with E-state index >= 15 is 0 Å². The van der Waals surface area contributed by atoms with E-state index in [2.05, 4.69) is 6.92 Å². The lowest BCUT2D eigenvalue weighted by atomic mass is 10.2. The number of hydrogen-bond acceptors (Lipinski definition) is 3. The van der Waals surface area contributed by atoms with Crippen LogP contribution in [0.5, 0.6) is 0 Å². The van der Waals surface area contributed by atoms with E-state index in [9.17, 15) is 0 Å². The van der Waals surface area contributed by atoms with E-state index < -0.39 is 6.23 Å². The van der Waals surface area contributed by atoms with Crippen LogP contribution in [0.4, 0.5) is 0 Å². The lowest BCUT2D eigenvalue weighted by molar-refractivity contribution is -0.00387. The molecule has 0 aromatic carbocycles. The van der Waals surface area contributed by atoms with Crippen molar-refractivity contribution in [3.63, 3.8) is 0 Å². The highest BCUT2D eigenvalue weighted by Gasteiger charge is 1.97. The number of aliphatic hydroxyl groups is 1. The summed E-state index contributed by atoms with van der Waals surface area (Å²) in [5.41, 5.74) is 1.78. The van der Waals surface area contributed by atoms with Gasteiger partial charge in [0.25, 0.3) is 0 Å². The molecule has 1 unspecified atom stereocenters. The third-order valence-electron chi connectivity index (χ3n) is 1.23. The van der Waals surface area contributed by atoms with Gasteiger partial charge in [-0.25, -0.2) is 0 Å².